The summed E-state index contributed by atoms with van der Waals surface area (Å²) in [4.78, 5) is 23.4. The van der Waals surface area contributed by atoms with Gasteiger partial charge in [0.2, 0.25) is 11.8 Å². The zero-order chi connectivity index (χ0) is 16.8. The number of sulfone groups is 1. The standard InChI is InChI=1S/C15H22N2O4S/c1-11(2)10-22(20,21)9-8-13(18)17-14(15(16)19)12-6-4-3-5-7-12/h3-7,11,14H,8-10H2,1-2H3,(H2,16,19)(H,17,18)/t14-/m0/s1. The fourth-order valence-corrected chi connectivity index (χ4v) is 3.72. The van der Waals surface area contributed by atoms with Crippen LogP contribution < -0.4 is 11.1 Å². The molecule has 3 N–H and O–H groups in total. The van der Waals surface area contributed by atoms with Gasteiger partial charge in [0, 0.05) is 6.42 Å². The molecular weight excluding hydrogens is 304 g/mol. The molecule has 0 saturated heterocycles. The number of carbonyl (C=O) groups excluding carboxylic acids is 2. The molecule has 0 heterocycles. The van der Waals surface area contributed by atoms with E-state index in [1.807, 2.05) is 0 Å². The topological polar surface area (TPSA) is 106 Å². The summed E-state index contributed by atoms with van der Waals surface area (Å²) < 4.78 is 23.5. The summed E-state index contributed by atoms with van der Waals surface area (Å²) in [5, 5.41) is 2.48. The van der Waals surface area contributed by atoms with Crippen LogP contribution >= 0.6 is 0 Å². The van der Waals surface area contributed by atoms with E-state index in [9.17, 15) is 18.0 Å². The molecule has 122 valence electrons. The highest BCUT2D eigenvalue weighted by atomic mass is 32.2. The quantitative estimate of drug-likeness (QED) is 0.736. The van der Waals surface area contributed by atoms with Gasteiger partial charge in [-0.1, -0.05) is 44.2 Å². The van der Waals surface area contributed by atoms with Crippen molar-refractivity contribution in [3.63, 3.8) is 0 Å². The van der Waals surface area contributed by atoms with E-state index in [1.54, 1.807) is 44.2 Å². The summed E-state index contributed by atoms with van der Waals surface area (Å²) in [6.45, 7) is 3.60. The largest absolute Gasteiger partial charge is 0.368 e. The molecule has 0 aliphatic carbocycles. The second-order valence-electron chi connectivity index (χ2n) is 5.57. The van der Waals surface area contributed by atoms with E-state index in [0.717, 1.165) is 0 Å². The molecule has 1 rings (SSSR count). The normalized spacial score (nSPS) is 12.9. The second kappa shape index (κ2) is 7.93. The summed E-state index contributed by atoms with van der Waals surface area (Å²) in [5.41, 5.74) is 5.86. The average molecular weight is 326 g/mol. The molecule has 0 fully saturated rings. The van der Waals surface area contributed by atoms with Gasteiger partial charge in [0.25, 0.3) is 0 Å². The maximum Gasteiger partial charge on any atom is 0.244 e. The molecule has 1 aromatic rings. The monoisotopic (exact) mass is 326 g/mol. The lowest BCUT2D eigenvalue weighted by Crippen LogP contribution is -2.38. The summed E-state index contributed by atoms with van der Waals surface area (Å²) in [6, 6.07) is 7.62. The smallest absolute Gasteiger partial charge is 0.244 e. The molecule has 1 atom stereocenters. The van der Waals surface area contributed by atoms with Crippen molar-refractivity contribution in [2.45, 2.75) is 26.3 Å². The molecule has 7 heteroatoms. The minimum atomic E-state index is -3.27. The minimum Gasteiger partial charge on any atom is -0.368 e. The van der Waals surface area contributed by atoms with Crippen LogP contribution in [0, 0.1) is 5.92 Å². The highest BCUT2D eigenvalue weighted by Gasteiger charge is 2.21. The van der Waals surface area contributed by atoms with E-state index in [1.165, 1.54) is 0 Å². The van der Waals surface area contributed by atoms with Crippen LogP contribution in [0.2, 0.25) is 0 Å². The zero-order valence-corrected chi connectivity index (χ0v) is 13.6. The van der Waals surface area contributed by atoms with Crippen molar-refractivity contribution in [3.05, 3.63) is 35.9 Å². The number of nitrogens with two attached hydrogens (primary N) is 1. The van der Waals surface area contributed by atoms with Gasteiger partial charge in [0.15, 0.2) is 9.84 Å². The third-order valence-corrected chi connectivity index (χ3v) is 4.95. The summed E-state index contributed by atoms with van der Waals surface area (Å²) in [5.74, 6) is -1.39. The molecule has 0 spiro atoms. The Kier molecular flexibility index (Phi) is 6.55. The molecule has 0 saturated carbocycles. The third-order valence-electron chi connectivity index (χ3n) is 2.95. The average Bonchev–Trinajstić information content (AvgIpc) is 2.42. The van der Waals surface area contributed by atoms with E-state index in [-0.39, 0.29) is 23.8 Å². The molecule has 0 aromatic heterocycles. The van der Waals surface area contributed by atoms with Gasteiger partial charge in [-0.25, -0.2) is 8.42 Å². The Labute approximate surface area is 131 Å². The number of rotatable bonds is 8. The molecule has 0 radical (unpaired) electrons. The van der Waals surface area contributed by atoms with Crippen molar-refractivity contribution < 1.29 is 18.0 Å². The van der Waals surface area contributed by atoms with Gasteiger partial charge in [-0.3, -0.25) is 9.59 Å². The van der Waals surface area contributed by atoms with Crippen molar-refractivity contribution in [1.29, 1.82) is 0 Å². The Morgan fingerprint density at radius 3 is 2.27 bits per heavy atom. The molecule has 0 unspecified atom stereocenters. The minimum absolute atomic E-state index is 0.00995. The zero-order valence-electron chi connectivity index (χ0n) is 12.8. The molecule has 0 aliphatic heterocycles. The Bertz CT molecular complexity index is 612. The Morgan fingerprint density at radius 2 is 1.77 bits per heavy atom. The van der Waals surface area contributed by atoms with E-state index in [2.05, 4.69) is 5.32 Å². The number of benzene rings is 1. The van der Waals surface area contributed by atoms with Crippen molar-refractivity contribution >= 4 is 21.7 Å². The predicted octanol–water partition coefficient (Wildman–Crippen LogP) is 0.790. The lowest BCUT2D eigenvalue weighted by atomic mass is 10.1. The van der Waals surface area contributed by atoms with Crippen LogP contribution in [0.4, 0.5) is 0 Å². The maximum atomic E-state index is 11.9. The van der Waals surface area contributed by atoms with Crippen LogP contribution in [-0.4, -0.2) is 31.7 Å². The fourth-order valence-electron chi connectivity index (χ4n) is 2.04. The maximum absolute atomic E-state index is 11.9. The SMILES string of the molecule is CC(C)CS(=O)(=O)CCC(=O)N[C@H](C(N)=O)c1ccccc1. The molecule has 0 aliphatic rings. The molecule has 2 amide bonds. The lowest BCUT2D eigenvalue weighted by Gasteiger charge is -2.16. The number of amides is 2. The van der Waals surface area contributed by atoms with Crippen molar-refractivity contribution in [1.82, 2.24) is 5.32 Å². The van der Waals surface area contributed by atoms with Crippen LogP contribution in [-0.2, 0) is 19.4 Å². The highest BCUT2D eigenvalue weighted by Crippen LogP contribution is 2.12. The Hall–Kier alpha value is -1.89. The first-order chi connectivity index (χ1) is 10.2. The van der Waals surface area contributed by atoms with Gasteiger partial charge < -0.3 is 11.1 Å². The lowest BCUT2D eigenvalue weighted by molar-refractivity contribution is -0.127. The first-order valence-corrected chi connectivity index (χ1v) is 8.87. The summed E-state index contributed by atoms with van der Waals surface area (Å²) in [6.07, 6.45) is -0.189. The molecule has 22 heavy (non-hydrogen) atoms. The van der Waals surface area contributed by atoms with Gasteiger partial charge in [-0.15, -0.1) is 0 Å². The number of carbonyl (C=O) groups is 2. The van der Waals surface area contributed by atoms with Crippen molar-refractivity contribution in [2.24, 2.45) is 11.7 Å². The predicted molar refractivity (Wildman–Crippen MR) is 84.6 cm³/mol. The first-order valence-electron chi connectivity index (χ1n) is 7.05. The van der Waals surface area contributed by atoms with Crippen LogP contribution in [0.15, 0.2) is 30.3 Å². The van der Waals surface area contributed by atoms with E-state index < -0.39 is 27.7 Å². The highest BCUT2D eigenvalue weighted by molar-refractivity contribution is 7.91. The number of hydrogen-bond acceptors (Lipinski definition) is 4. The molecule has 0 bridgehead atoms. The van der Waals surface area contributed by atoms with E-state index in [4.69, 9.17) is 5.73 Å². The molecule has 1 aromatic carbocycles. The molecular formula is C15H22N2O4S. The van der Waals surface area contributed by atoms with Crippen LogP contribution in [0.3, 0.4) is 0 Å². The van der Waals surface area contributed by atoms with Crippen molar-refractivity contribution in [3.8, 4) is 0 Å². The Balaban J connectivity index is 2.64. The number of nitrogens with one attached hydrogen (secondary N) is 1. The van der Waals surface area contributed by atoms with Crippen molar-refractivity contribution in [2.75, 3.05) is 11.5 Å². The fraction of sp³-hybridized carbons (Fsp3) is 0.467. The van der Waals surface area contributed by atoms with Crippen LogP contribution in [0.1, 0.15) is 31.9 Å². The van der Waals surface area contributed by atoms with Crippen LogP contribution in [0.5, 0.6) is 0 Å². The van der Waals surface area contributed by atoms with E-state index >= 15 is 0 Å². The number of hydrogen-bond donors (Lipinski definition) is 2. The third kappa shape index (κ3) is 6.26. The Morgan fingerprint density at radius 1 is 1.18 bits per heavy atom. The second-order valence-corrected chi connectivity index (χ2v) is 7.80. The van der Waals surface area contributed by atoms with E-state index in [0.29, 0.717) is 5.56 Å². The summed E-state index contributed by atoms with van der Waals surface area (Å²) in [7, 11) is -3.27. The van der Waals surface area contributed by atoms with Gasteiger partial charge in [0.05, 0.1) is 11.5 Å². The van der Waals surface area contributed by atoms with Crippen LogP contribution in [0.25, 0.3) is 0 Å². The van der Waals surface area contributed by atoms with Gasteiger partial charge in [-0.05, 0) is 11.5 Å². The first kappa shape index (κ1) is 18.2. The van der Waals surface area contributed by atoms with Gasteiger partial charge in [-0.2, -0.15) is 0 Å². The number of primary amides is 1. The molecule has 6 nitrogen and oxygen atoms in total. The van der Waals surface area contributed by atoms with Gasteiger partial charge in [0.1, 0.15) is 6.04 Å². The summed E-state index contributed by atoms with van der Waals surface area (Å²) >= 11 is 0. The van der Waals surface area contributed by atoms with Gasteiger partial charge >= 0.3 is 0 Å².